The lowest BCUT2D eigenvalue weighted by Crippen LogP contribution is -1.98. The minimum atomic E-state index is 1.17. The van der Waals surface area contributed by atoms with Crippen molar-refractivity contribution in [3.63, 3.8) is 0 Å². The topological polar surface area (TPSA) is 4.93 Å². The number of hydrogen-bond acceptors (Lipinski definition) is 1. The van der Waals surface area contributed by atoms with Crippen LogP contribution in [0.15, 0.2) is 140 Å². The van der Waals surface area contributed by atoms with Gasteiger partial charge in [0.15, 0.2) is 0 Å². The predicted molar refractivity (Wildman–Crippen MR) is 155 cm³/mol. The molecule has 7 aromatic rings. The van der Waals surface area contributed by atoms with Gasteiger partial charge in [0, 0.05) is 10.6 Å². The fourth-order valence-corrected chi connectivity index (χ4v) is 6.05. The molecule has 0 aliphatic heterocycles. The summed E-state index contributed by atoms with van der Waals surface area (Å²) >= 11 is 1.85. The lowest BCUT2D eigenvalue weighted by molar-refractivity contribution is 1.10. The Morgan fingerprint density at radius 3 is 1.67 bits per heavy atom. The second-order valence-electron chi connectivity index (χ2n) is 9.06. The van der Waals surface area contributed by atoms with E-state index in [2.05, 4.69) is 144 Å². The van der Waals surface area contributed by atoms with Crippen molar-refractivity contribution in [1.29, 1.82) is 0 Å². The Bertz CT molecular complexity index is 1840. The maximum atomic E-state index is 2.39. The average molecular weight is 478 g/mol. The lowest BCUT2D eigenvalue weighted by Gasteiger charge is -2.14. The van der Waals surface area contributed by atoms with E-state index in [0.717, 1.165) is 0 Å². The van der Waals surface area contributed by atoms with Gasteiger partial charge in [-0.25, -0.2) is 0 Å². The monoisotopic (exact) mass is 477 g/mol. The number of hydrogen-bond donors (Lipinski definition) is 0. The van der Waals surface area contributed by atoms with Crippen molar-refractivity contribution < 1.29 is 0 Å². The quantitative estimate of drug-likeness (QED) is 0.238. The highest BCUT2D eigenvalue weighted by atomic mass is 32.1. The van der Waals surface area contributed by atoms with E-state index in [-0.39, 0.29) is 0 Å². The van der Waals surface area contributed by atoms with Crippen LogP contribution in [-0.2, 0) is 0 Å². The van der Waals surface area contributed by atoms with Gasteiger partial charge in [0.05, 0.1) is 16.3 Å². The Balaban J connectivity index is 1.36. The van der Waals surface area contributed by atoms with Crippen LogP contribution in [0, 0.1) is 0 Å². The van der Waals surface area contributed by atoms with Gasteiger partial charge in [-0.05, 0) is 81.2 Å². The van der Waals surface area contributed by atoms with Gasteiger partial charge < -0.3 is 4.57 Å². The van der Waals surface area contributed by atoms with Crippen LogP contribution < -0.4 is 0 Å². The minimum Gasteiger partial charge on any atom is -0.308 e. The molecule has 0 bridgehead atoms. The zero-order valence-corrected chi connectivity index (χ0v) is 20.5. The highest BCUT2D eigenvalue weighted by Gasteiger charge is 2.16. The van der Waals surface area contributed by atoms with Crippen molar-refractivity contribution in [3.8, 4) is 38.0 Å². The Hall–Kier alpha value is -4.40. The Kier molecular flexibility index (Phi) is 5.04. The van der Waals surface area contributed by atoms with Gasteiger partial charge in [0.25, 0.3) is 0 Å². The van der Waals surface area contributed by atoms with Gasteiger partial charge in [-0.2, -0.15) is 0 Å². The van der Waals surface area contributed by atoms with E-state index in [1.54, 1.807) is 0 Å². The molecule has 5 aromatic carbocycles. The maximum absolute atomic E-state index is 2.39. The summed E-state index contributed by atoms with van der Waals surface area (Å²) < 4.78 is 2.39. The first-order chi connectivity index (χ1) is 17.8. The van der Waals surface area contributed by atoms with Crippen molar-refractivity contribution in [2.45, 2.75) is 0 Å². The number of fused-ring (bicyclic) bond motifs is 2. The highest BCUT2D eigenvalue weighted by Crippen LogP contribution is 2.39. The zero-order chi connectivity index (χ0) is 23.9. The molecule has 7 rings (SSSR count). The highest BCUT2D eigenvalue weighted by molar-refractivity contribution is 7.18. The molecule has 2 heterocycles. The Morgan fingerprint density at radius 2 is 0.944 bits per heavy atom. The predicted octanol–water partition coefficient (Wildman–Crippen LogP) is 9.85. The number of benzene rings is 5. The second kappa shape index (κ2) is 8.67. The summed E-state index contributed by atoms with van der Waals surface area (Å²) in [5.74, 6) is 0. The molecule has 0 amide bonds. The van der Waals surface area contributed by atoms with Crippen LogP contribution >= 0.6 is 11.3 Å². The molecule has 1 nitrogen and oxygen atoms in total. The third kappa shape index (κ3) is 3.64. The Morgan fingerprint density at radius 1 is 0.389 bits per heavy atom. The van der Waals surface area contributed by atoms with Crippen LogP contribution in [0.1, 0.15) is 0 Å². The second-order valence-corrected chi connectivity index (χ2v) is 10.1. The normalized spacial score (nSPS) is 11.3. The van der Waals surface area contributed by atoms with Crippen LogP contribution in [0.5, 0.6) is 0 Å². The van der Waals surface area contributed by atoms with E-state index in [1.807, 2.05) is 11.3 Å². The van der Waals surface area contributed by atoms with Crippen LogP contribution in [0.4, 0.5) is 0 Å². The third-order valence-electron chi connectivity index (χ3n) is 6.83. The maximum Gasteiger partial charge on any atom is 0.0635 e. The van der Waals surface area contributed by atoms with Gasteiger partial charge in [-0.1, -0.05) is 91.0 Å². The molecule has 0 atom stereocenters. The van der Waals surface area contributed by atoms with E-state index >= 15 is 0 Å². The molecule has 0 unspecified atom stereocenters. The van der Waals surface area contributed by atoms with E-state index in [0.29, 0.717) is 0 Å². The fraction of sp³-hybridized carbons (Fsp3) is 0. The van der Waals surface area contributed by atoms with Crippen molar-refractivity contribution >= 4 is 32.9 Å². The molecular formula is C34H23NS. The molecule has 36 heavy (non-hydrogen) atoms. The van der Waals surface area contributed by atoms with Gasteiger partial charge in [-0.3, -0.25) is 0 Å². The fourth-order valence-electron chi connectivity index (χ4n) is 5.03. The van der Waals surface area contributed by atoms with Crippen molar-refractivity contribution in [2.75, 3.05) is 0 Å². The molecule has 0 saturated carbocycles. The summed E-state index contributed by atoms with van der Waals surface area (Å²) in [7, 11) is 0. The van der Waals surface area contributed by atoms with Crippen molar-refractivity contribution in [1.82, 2.24) is 4.57 Å². The molecule has 2 aromatic heterocycles. The first-order valence-corrected chi connectivity index (χ1v) is 13.0. The average Bonchev–Trinajstić information content (AvgIpc) is 3.61. The number of aromatic nitrogens is 1. The minimum absolute atomic E-state index is 1.17. The van der Waals surface area contributed by atoms with Crippen LogP contribution in [0.3, 0.4) is 0 Å². The molecule has 0 saturated heterocycles. The molecule has 0 N–H and O–H groups in total. The first kappa shape index (κ1) is 20.9. The number of thiophene rings is 1. The SMILES string of the molecule is c1ccc(-n2c(-c3ccc4ccccc4c3)ccc2-c2ccc(-c3ccc4ccccc4c3)s2)cc1. The lowest BCUT2D eigenvalue weighted by atomic mass is 10.1. The number of para-hydroxylation sites is 1. The van der Waals surface area contributed by atoms with E-state index in [1.165, 1.54) is 59.5 Å². The summed E-state index contributed by atoms with van der Waals surface area (Å²) in [5, 5.41) is 5.07. The van der Waals surface area contributed by atoms with Gasteiger partial charge in [-0.15, -0.1) is 11.3 Å². The molecule has 0 fully saturated rings. The number of nitrogens with zero attached hydrogens (tertiary/aromatic N) is 1. The van der Waals surface area contributed by atoms with Crippen LogP contribution in [0.25, 0.3) is 59.5 Å². The molecule has 170 valence electrons. The molecule has 2 heteroatoms. The molecular weight excluding hydrogens is 454 g/mol. The zero-order valence-electron chi connectivity index (χ0n) is 19.6. The Labute approximate surface area is 214 Å². The smallest absolute Gasteiger partial charge is 0.0635 e. The largest absolute Gasteiger partial charge is 0.308 e. The van der Waals surface area contributed by atoms with Crippen LogP contribution in [0.2, 0.25) is 0 Å². The van der Waals surface area contributed by atoms with Crippen molar-refractivity contribution in [2.24, 2.45) is 0 Å². The van der Waals surface area contributed by atoms with Gasteiger partial charge >= 0.3 is 0 Å². The summed E-state index contributed by atoms with van der Waals surface area (Å²) in [6.45, 7) is 0. The number of rotatable bonds is 4. The molecule has 0 aliphatic rings. The van der Waals surface area contributed by atoms with E-state index in [9.17, 15) is 0 Å². The van der Waals surface area contributed by atoms with Gasteiger partial charge in [0.2, 0.25) is 0 Å². The van der Waals surface area contributed by atoms with Crippen molar-refractivity contribution in [3.05, 3.63) is 140 Å². The summed E-state index contributed by atoms with van der Waals surface area (Å²) in [6.07, 6.45) is 0. The summed E-state index contributed by atoms with van der Waals surface area (Å²) in [5.41, 5.74) is 6.05. The molecule has 0 radical (unpaired) electrons. The van der Waals surface area contributed by atoms with Crippen LogP contribution in [-0.4, -0.2) is 4.57 Å². The van der Waals surface area contributed by atoms with E-state index < -0.39 is 0 Å². The van der Waals surface area contributed by atoms with Gasteiger partial charge in [0.1, 0.15) is 0 Å². The molecule has 0 spiro atoms. The summed E-state index contributed by atoms with van der Waals surface area (Å²) in [4.78, 5) is 2.54. The molecule has 0 aliphatic carbocycles. The van der Waals surface area contributed by atoms with E-state index in [4.69, 9.17) is 0 Å². The first-order valence-electron chi connectivity index (χ1n) is 12.2. The standard InChI is InChI=1S/C34H23NS/c1-2-12-30(13-3-1)35-31(28-16-14-24-8-4-6-10-26(24)22-28)18-19-32(35)34-21-20-33(36-34)29-17-15-25-9-5-7-11-27(25)23-29/h1-23H. The third-order valence-corrected chi connectivity index (χ3v) is 7.99. The summed E-state index contributed by atoms with van der Waals surface area (Å²) in [6, 6.07) is 50.3.